The molecule has 0 saturated carbocycles. The lowest BCUT2D eigenvalue weighted by molar-refractivity contribution is -0.0436. The van der Waals surface area contributed by atoms with Crippen molar-refractivity contribution in [2.75, 3.05) is 0 Å². The Labute approximate surface area is 149 Å². The molecule has 0 unspecified atom stereocenters. The van der Waals surface area contributed by atoms with Gasteiger partial charge in [0.25, 0.3) is 9.84 Å². The SMILES string of the molecule is Cc1cc(S(=O)(=O)C(F)(F)F)cc(C(=O)O)c1Oc1cc(F)cc(Cl)c1. The fourth-order valence-electron chi connectivity index (χ4n) is 2.03. The van der Waals surface area contributed by atoms with E-state index in [2.05, 4.69) is 0 Å². The summed E-state index contributed by atoms with van der Waals surface area (Å²) in [7, 11) is -5.76. The molecule has 5 nitrogen and oxygen atoms in total. The zero-order valence-electron chi connectivity index (χ0n) is 12.8. The number of hydrogen-bond acceptors (Lipinski definition) is 4. The molecule has 0 radical (unpaired) electrons. The first-order chi connectivity index (χ1) is 11.8. The van der Waals surface area contributed by atoms with Gasteiger partial charge in [0.15, 0.2) is 0 Å². The molecule has 0 bridgehead atoms. The van der Waals surface area contributed by atoms with Crippen molar-refractivity contribution in [1.82, 2.24) is 0 Å². The lowest BCUT2D eigenvalue weighted by atomic mass is 10.1. The Bertz CT molecular complexity index is 966. The maximum atomic E-state index is 13.4. The van der Waals surface area contributed by atoms with Crippen molar-refractivity contribution in [1.29, 1.82) is 0 Å². The highest BCUT2D eigenvalue weighted by atomic mass is 35.5. The number of ether oxygens (including phenoxy) is 1. The third-order valence-electron chi connectivity index (χ3n) is 3.15. The molecule has 0 aliphatic heterocycles. The molecule has 0 amide bonds. The summed E-state index contributed by atoms with van der Waals surface area (Å²) in [6, 6.07) is 3.92. The minimum Gasteiger partial charge on any atom is -0.478 e. The van der Waals surface area contributed by atoms with E-state index in [0.717, 1.165) is 25.1 Å². The van der Waals surface area contributed by atoms with E-state index in [1.807, 2.05) is 0 Å². The maximum Gasteiger partial charge on any atom is 0.501 e. The van der Waals surface area contributed by atoms with E-state index in [-0.39, 0.29) is 16.3 Å². The van der Waals surface area contributed by atoms with Crippen LogP contribution in [-0.2, 0) is 9.84 Å². The smallest absolute Gasteiger partial charge is 0.478 e. The number of halogens is 5. The number of sulfone groups is 1. The number of carboxylic acids is 1. The molecule has 0 aliphatic rings. The zero-order valence-corrected chi connectivity index (χ0v) is 14.3. The normalized spacial score (nSPS) is 12.1. The van der Waals surface area contributed by atoms with Crippen LogP contribution in [0.3, 0.4) is 0 Å². The van der Waals surface area contributed by atoms with Gasteiger partial charge in [0, 0.05) is 11.1 Å². The van der Waals surface area contributed by atoms with E-state index < -0.39 is 43.3 Å². The van der Waals surface area contributed by atoms with Crippen molar-refractivity contribution in [3.8, 4) is 11.5 Å². The van der Waals surface area contributed by atoms with Gasteiger partial charge in [0.05, 0.1) is 4.90 Å². The highest BCUT2D eigenvalue weighted by molar-refractivity contribution is 7.92. The van der Waals surface area contributed by atoms with Crippen molar-refractivity contribution >= 4 is 27.4 Å². The van der Waals surface area contributed by atoms with Crippen LogP contribution < -0.4 is 4.74 Å². The first kappa shape index (κ1) is 20.0. The minimum atomic E-state index is -5.76. The second-order valence-corrected chi connectivity index (χ2v) is 7.46. The van der Waals surface area contributed by atoms with Gasteiger partial charge in [0.1, 0.15) is 22.9 Å². The molecule has 0 aromatic heterocycles. The van der Waals surface area contributed by atoms with E-state index >= 15 is 0 Å². The van der Waals surface area contributed by atoms with Crippen LogP contribution in [0, 0.1) is 12.7 Å². The topological polar surface area (TPSA) is 80.7 Å². The van der Waals surface area contributed by atoms with Crippen molar-refractivity contribution in [2.45, 2.75) is 17.3 Å². The fourth-order valence-corrected chi connectivity index (χ4v) is 3.11. The molecule has 0 atom stereocenters. The van der Waals surface area contributed by atoms with Gasteiger partial charge >= 0.3 is 11.5 Å². The summed E-state index contributed by atoms with van der Waals surface area (Å²) >= 11 is 5.65. The van der Waals surface area contributed by atoms with Gasteiger partial charge in [-0.2, -0.15) is 13.2 Å². The van der Waals surface area contributed by atoms with Gasteiger partial charge in [-0.1, -0.05) is 11.6 Å². The molecule has 11 heteroatoms. The largest absolute Gasteiger partial charge is 0.501 e. The van der Waals surface area contributed by atoms with Crippen molar-refractivity contribution < 1.29 is 40.6 Å². The van der Waals surface area contributed by atoms with E-state index in [9.17, 15) is 35.9 Å². The Morgan fingerprint density at radius 3 is 2.27 bits per heavy atom. The van der Waals surface area contributed by atoms with Crippen LogP contribution in [0.5, 0.6) is 11.5 Å². The average Bonchev–Trinajstić information content (AvgIpc) is 2.46. The van der Waals surface area contributed by atoms with E-state index in [4.69, 9.17) is 16.3 Å². The number of hydrogen-bond donors (Lipinski definition) is 1. The summed E-state index contributed by atoms with van der Waals surface area (Å²) in [5, 5.41) is 9.15. The highest BCUT2D eigenvalue weighted by Gasteiger charge is 2.47. The number of aryl methyl sites for hydroxylation is 1. The van der Waals surface area contributed by atoms with E-state index in [1.165, 1.54) is 0 Å². The Hall–Kier alpha value is -2.33. The predicted molar refractivity (Wildman–Crippen MR) is 82.9 cm³/mol. The molecular weight excluding hydrogens is 404 g/mol. The average molecular weight is 413 g/mol. The number of benzene rings is 2. The van der Waals surface area contributed by atoms with Gasteiger partial charge in [0.2, 0.25) is 0 Å². The standard InChI is InChI=1S/C15H9ClF4O5S/c1-7-2-11(26(23,24)15(18,19)20)6-12(14(21)22)13(7)25-10-4-8(16)3-9(17)5-10/h2-6H,1H3,(H,21,22). The minimum absolute atomic E-state index is 0.0641. The van der Waals surface area contributed by atoms with Crippen LogP contribution >= 0.6 is 11.6 Å². The number of alkyl halides is 3. The van der Waals surface area contributed by atoms with Crippen LogP contribution in [0.4, 0.5) is 17.6 Å². The molecule has 0 heterocycles. The summed E-state index contributed by atoms with van der Waals surface area (Å²) in [5.41, 5.74) is -6.66. The van der Waals surface area contributed by atoms with Gasteiger partial charge in [-0.25, -0.2) is 17.6 Å². The highest BCUT2D eigenvalue weighted by Crippen LogP contribution is 2.37. The first-order valence-electron chi connectivity index (χ1n) is 6.66. The maximum absolute atomic E-state index is 13.4. The number of rotatable bonds is 4. The molecule has 2 rings (SSSR count). The van der Waals surface area contributed by atoms with Gasteiger partial charge in [-0.05, 0) is 36.8 Å². The number of carbonyl (C=O) groups is 1. The van der Waals surface area contributed by atoms with Crippen LogP contribution in [0.2, 0.25) is 5.02 Å². The van der Waals surface area contributed by atoms with Crippen molar-refractivity contribution in [3.05, 3.63) is 52.3 Å². The molecular formula is C15H9ClF4O5S. The molecule has 0 fully saturated rings. The lowest BCUT2D eigenvalue weighted by Crippen LogP contribution is -2.23. The van der Waals surface area contributed by atoms with Crippen molar-refractivity contribution in [2.24, 2.45) is 0 Å². The molecule has 140 valence electrons. The summed E-state index contributed by atoms with van der Waals surface area (Å²) in [6.45, 7) is 1.15. The summed E-state index contributed by atoms with van der Waals surface area (Å²) in [5.74, 6) is -3.18. The van der Waals surface area contributed by atoms with E-state index in [1.54, 1.807) is 0 Å². The predicted octanol–water partition coefficient (Wildman–Crippen LogP) is 4.57. The van der Waals surface area contributed by atoms with Crippen LogP contribution in [0.1, 0.15) is 15.9 Å². The third-order valence-corrected chi connectivity index (χ3v) is 4.83. The molecule has 26 heavy (non-hydrogen) atoms. The van der Waals surface area contributed by atoms with Crippen LogP contribution in [0.15, 0.2) is 35.2 Å². The monoisotopic (exact) mass is 412 g/mol. The quantitative estimate of drug-likeness (QED) is 0.744. The summed E-state index contributed by atoms with van der Waals surface area (Å²) in [4.78, 5) is 10.1. The second kappa shape index (κ2) is 6.76. The molecule has 1 N–H and O–H groups in total. The van der Waals surface area contributed by atoms with Crippen LogP contribution in [-0.4, -0.2) is 25.0 Å². The fraction of sp³-hybridized carbons (Fsp3) is 0.133. The summed E-state index contributed by atoms with van der Waals surface area (Å²) < 4.78 is 79.7. The Kier molecular flexibility index (Phi) is 5.20. The number of aromatic carboxylic acids is 1. The third kappa shape index (κ3) is 3.91. The Morgan fingerprint density at radius 1 is 1.15 bits per heavy atom. The molecule has 0 saturated heterocycles. The molecule has 0 aliphatic carbocycles. The molecule has 0 spiro atoms. The van der Waals surface area contributed by atoms with Gasteiger partial charge in [-0.15, -0.1) is 0 Å². The molecule has 2 aromatic carbocycles. The Morgan fingerprint density at radius 2 is 1.77 bits per heavy atom. The van der Waals surface area contributed by atoms with Gasteiger partial charge in [-0.3, -0.25) is 0 Å². The summed E-state index contributed by atoms with van der Waals surface area (Å²) in [6.07, 6.45) is 0. The van der Waals surface area contributed by atoms with Crippen LogP contribution in [0.25, 0.3) is 0 Å². The van der Waals surface area contributed by atoms with Crippen molar-refractivity contribution in [3.63, 3.8) is 0 Å². The number of carboxylic acid groups (broad SMARTS) is 1. The molecule has 2 aromatic rings. The van der Waals surface area contributed by atoms with Gasteiger partial charge < -0.3 is 9.84 Å². The Balaban J connectivity index is 2.63. The first-order valence-corrected chi connectivity index (χ1v) is 8.52. The second-order valence-electron chi connectivity index (χ2n) is 5.08. The lowest BCUT2D eigenvalue weighted by Gasteiger charge is -2.15. The zero-order chi connectivity index (χ0) is 19.9. The van der Waals surface area contributed by atoms with E-state index in [0.29, 0.717) is 12.1 Å².